The van der Waals surface area contributed by atoms with E-state index in [1.807, 2.05) is 12.1 Å². The first-order valence-corrected chi connectivity index (χ1v) is 6.54. The predicted octanol–water partition coefficient (Wildman–Crippen LogP) is 3.40. The Morgan fingerprint density at radius 3 is 2.94 bits per heavy atom. The molecular formula is C13H19ClN2. The third-order valence-electron chi connectivity index (χ3n) is 3.36. The van der Waals surface area contributed by atoms with Gasteiger partial charge >= 0.3 is 0 Å². The van der Waals surface area contributed by atoms with Crippen molar-refractivity contribution in [1.29, 1.82) is 0 Å². The van der Waals surface area contributed by atoms with Gasteiger partial charge in [-0.3, -0.25) is 0 Å². The maximum Gasteiger partial charge on any atom is 0.133 e. The molecule has 1 fully saturated rings. The van der Waals surface area contributed by atoms with Crippen LogP contribution < -0.4 is 5.32 Å². The van der Waals surface area contributed by atoms with Crippen molar-refractivity contribution >= 4 is 11.6 Å². The van der Waals surface area contributed by atoms with E-state index in [-0.39, 0.29) is 0 Å². The lowest BCUT2D eigenvalue weighted by Crippen LogP contribution is -2.17. The molecule has 0 saturated heterocycles. The van der Waals surface area contributed by atoms with Crippen LogP contribution in [0.4, 0.5) is 0 Å². The van der Waals surface area contributed by atoms with Crippen molar-refractivity contribution in [2.24, 2.45) is 5.92 Å². The molecule has 0 amide bonds. The molecule has 0 aliphatic heterocycles. The van der Waals surface area contributed by atoms with Gasteiger partial charge in [0.25, 0.3) is 0 Å². The fourth-order valence-corrected chi connectivity index (χ4v) is 2.57. The molecule has 0 aromatic carbocycles. The Bertz CT molecular complexity index is 321. The van der Waals surface area contributed by atoms with Gasteiger partial charge in [-0.1, -0.05) is 43.4 Å². The lowest BCUT2D eigenvalue weighted by atomic mass is 10.0. The van der Waals surface area contributed by atoms with Gasteiger partial charge < -0.3 is 5.32 Å². The third-order valence-corrected chi connectivity index (χ3v) is 3.70. The summed E-state index contributed by atoms with van der Waals surface area (Å²) >= 11 is 5.98. The van der Waals surface area contributed by atoms with E-state index < -0.39 is 0 Å². The van der Waals surface area contributed by atoms with Crippen molar-refractivity contribution in [3.05, 3.63) is 29.0 Å². The second kappa shape index (κ2) is 6.21. The van der Waals surface area contributed by atoms with Crippen LogP contribution in [0.2, 0.25) is 5.15 Å². The number of rotatable bonds is 5. The SMILES string of the molecule is Clc1ncccc1CNCCC1CCCC1. The molecular weight excluding hydrogens is 220 g/mol. The first kappa shape index (κ1) is 11.9. The van der Waals surface area contributed by atoms with Gasteiger partial charge in [-0.15, -0.1) is 0 Å². The van der Waals surface area contributed by atoms with Crippen LogP contribution >= 0.6 is 11.6 Å². The van der Waals surface area contributed by atoms with E-state index in [9.17, 15) is 0 Å². The van der Waals surface area contributed by atoms with E-state index >= 15 is 0 Å². The smallest absolute Gasteiger partial charge is 0.133 e. The summed E-state index contributed by atoms with van der Waals surface area (Å²) < 4.78 is 0. The maximum absolute atomic E-state index is 5.98. The molecule has 1 heterocycles. The zero-order valence-corrected chi connectivity index (χ0v) is 10.3. The first-order valence-electron chi connectivity index (χ1n) is 6.16. The number of aromatic nitrogens is 1. The van der Waals surface area contributed by atoms with Gasteiger partial charge in [0.2, 0.25) is 0 Å². The molecule has 1 saturated carbocycles. The van der Waals surface area contributed by atoms with Crippen molar-refractivity contribution in [3.8, 4) is 0 Å². The van der Waals surface area contributed by atoms with Crippen molar-refractivity contribution < 1.29 is 0 Å². The van der Waals surface area contributed by atoms with Gasteiger partial charge in [0.1, 0.15) is 5.15 Å². The minimum absolute atomic E-state index is 0.621. The molecule has 1 aliphatic carbocycles. The molecule has 2 nitrogen and oxygen atoms in total. The maximum atomic E-state index is 5.98. The normalized spacial score (nSPS) is 16.8. The monoisotopic (exact) mass is 238 g/mol. The molecule has 1 aliphatic rings. The number of pyridine rings is 1. The van der Waals surface area contributed by atoms with Crippen molar-refractivity contribution in [1.82, 2.24) is 10.3 Å². The number of nitrogens with one attached hydrogen (secondary N) is 1. The lowest BCUT2D eigenvalue weighted by Gasteiger charge is -2.10. The van der Waals surface area contributed by atoms with Crippen molar-refractivity contribution in [2.75, 3.05) is 6.54 Å². The van der Waals surface area contributed by atoms with E-state index in [1.54, 1.807) is 6.20 Å². The fraction of sp³-hybridized carbons (Fsp3) is 0.615. The lowest BCUT2D eigenvalue weighted by molar-refractivity contribution is 0.477. The Hall–Kier alpha value is -0.600. The van der Waals surface area contributed by atoms with Crippen LogP contribution in [0.5, 0.6) is 0 Å². The molecule has 1 N–H and O–H groups in total. The van der Waals surface area contributed by atoms with Crippen LogP contribution in [0.15, 0.2) is 18.3 Å². The minimum Gasteiger partial charge on any atom is -0.313 e. The summed E-state index contributed by atoms with van der Waals surface area (Å²) in [5, 5.41) is 4.07. The standard InChI is InChI=1S/C13H19ClN2/c14-13-12(6-3-8-16-13)10-15-9-7-11-4-1-2-5-11/h3,6,8,11,15H,1-2,4-5,7,9-10H2. The van der Waals surface area contributed by atoms with E-state index in [0.717, 1.165) is 24.6 Å². The molecule has 0 bridgehead atoms. The molecule has 88 valence electrons. The fourth-order valence-electron chi connectivity index (χ4n) is 2.38. The topological polar surface area (TPSA) is 24.9 Å². The second-order valence-electron chi connectivity index (χ2n) is 4.57. The molecule has 0 radical (unpaired) electrons. The Morgan fingerprint density at radius 2 is 2.19 bits per heavy atom. The Balaban J connectivity index is 1.66. The molecule has 3 heteroatoms. The zero-order chi connectivity index (χ0) is 11.2. The van der Waals surface area contributed by atoms with Gasteiger partial charge in [-0.25, -0.2) is 4.98 Å². The van der Waals surface area contributed by atoms with Crippen LogP contribution in [-0.4, -0.2) is 11.5 Å². The van der Waals surface area contributed by atoms with Crippen LogP contribution in [-0.2, 0) is 6.54 Å². The molecule has 0 unspecified atom stereocenters. The Morgan fingerprint density at radius 1 is 1.38 bits per heavy atom. The number of hydrogen-bond acceptors (Lipinski definition) is 2. The largest absolute Gasteiger partial charge is 0.313 e. The van der Waals surface area contributed by atoms with Crippen LogP contribution in [0.3, 0.4) is 0 Å². The Kier molecular flexibility index (Phi) is 4.61. The van der Waals surface area contributed by atoms with Gasteiger partial charge in [0, 0.05) is 18.3 Å². The molecule has 1 aromatic heterocycles. The van der Waals surface area contributed by atoms with Crippen LogP contribution in [0.25, 0.3) is 0 Å². The van der Waals surface area contributed by atoms with Crippen LogP contribution in [0.1, 0.15) is 37.7 Å². The summed E-state index contributed by atoms with van der Waals surface area (Å²) in [6, 6.07) is 3.96. The van der Waals surface area contributed by atoms with Gasteiger partial charge in [0.05, 0.1) is 0 Å². The van der Waals surface area contributed by atoms with E-state index in [0.29, 0.717) is 5.15 Å². The minimum atomic E-state index is 0.621. The highest BCUT2D eigenvalue weighted by molar-refractivity contribution is 6.30. The van der Waals surface area contributed by atoms with Gasteiger partial charge in [0.15, 0.2) is 0 Å². The third kappa shape index (κ3) is 3.46. The summed E-state index contributed by atoms with van der Waals surface area (Å²) in [5.74, 6) is 0.955. The van der Waals surface area contributed by atoms with Crippen molar-refractivity contribution in [2.45, 2.75) is 38.6 Å². The zero-order valence-electron chi connectivity index (χ0n) is 9.58. The quantitative estimate of drug-likeness (QED) is 0.628. The summed E-state index contributed by atoms with van der Waals surface area (Å²) in [6.07, 6.45) is 8.74. The first-order chi connectivity index (χ1) is 7.86. The highest BCUT2D eigenvalue weighted by Gasteiger charge is 2.13. The van der Waals surface area contributed by atoms with E-state index in [2.05, 4.69) is 10.3 Å². The molecule has 0 atom stereocenters. The number of nitrogens with zero attached hydrogens (tertiary/aromatic N) is 1. The highest BCUT2D eigenvalue weighted by atomic mass is 35.5. The average Bonchev–Trinajstić information content (AvgIpc) is 2.79. The number of hydrogen-bond donors (Lipinski definition) is 1. The van der Waals surface area contributed by atoms with Gasteiger partial charge in [-0.2, -0.15) is 0 Å². The summed E-state index contributed by atoms with van der Waals surface area (Å²) in [5.41, 5.74) is 1.09. The van der Waals surface area contributed by atoms with E-state index in [1.165, 1.54) is 32.1 Å². The molecule has 0 spiro atoms. The van der Waals surface area contributed by atoms with Crippen LogP contribution in [0, 0.1) is 5.92 Å². The molecule has 1 aromatic rings. The summed E-state index contributed by atoms with van der Waals surface area (Å²) in [7, 11) is 0. The molecule has 16 heavy (non-hydrogen) atoms. The summed E-state index contributed by atoms with van der Waals surface area (Å²) in [6.45, 7) is 1.93. The second-order valence-corrected chi connectivity index (χ2v) is 4.93. The predicted molar refractivity (Wildman–Crippen MR) is 67.5 cm³/mol. The highest BCUT2D eigenvalue weighted by Crippen LogP contribution is 2.26. The van der Waals surface area contributed by atoms with Crippen molar-refractivity contribution in [3.63, 3.8) is 0 Å². The van der Waals surface area contributed by atoms with Gasteiger partial charge in [-0.05, 0) is 24.9 Å². The summed E-state index contributed by atoms with van der Waals surface area (Å²) in [4.78, 5) is 4.06. The Labute approximate surface area is 102 Å². The van der Waals surface area contributed by atoms with E-state index in [4.69, 9.17) is 11.6 Å². The number of halogens is 1. The molecule has 2 rings (SSSR count). The average molecular weight is 239 g/mol.